The van der Waals surface area contributed by atoms with E-state index in [0.29, 0.717) is 27.4 Å². The minimum absolute atomic E-state index is 0.0261. The standard InChI is InChI=1S/C15H18Cl2N2O/c1-2-13-10-7-18-6-9(10)8-19(13)15(20)14-11(16)4-3-5-12(14)17/h3-5,9-10,13,18H,2,6-8H2,1H3. The molecule has 3 unspecified atom stereocenters. The van der Waals surface area contributed by atoms with E-state index in [4.69, 9.17) is 23.2 Å². The molecule has 2 aliphatic heterocycles. The lowest BCUT2D eigenvalue weighted by Crippen LogP contribution is -2.39. The summed E-state index contributed by atoms with van der Waals surface area (Å²) in [6.45, 7) is 4.95. The molecule has 0 aromatic heterocycles. The van der Waals surface area contributed by atoms with Gasteiger partial charge in [-0.15, -0.1) is 0 Å². The Balaban J connectivity index is 1.91. The second-order valence-electron chi connectivity index (χ2n) is 5.61. The zero-order valence-electron chi connectivity index (χ0n) is 11.4. The summed E-state index contributed by atoms with van der Waals surface area (Å²) in [7, 11) is 0. The molecule has 5 heteroatoms. The first-order chi connectivity index (χ1) is 9.63. The van der Waals surface area contributed by atoms with Gasteiger partial charge >= 0.3 is 0 Å². The van der Waals surface area contributed by atoms with E-state index >= 15 is 0 Å². The van der Waals surface area contributed by atoms with Crippen molar-refractivity contribution < 1.29 is 4.79 Å². The highest BCUT2D eigenvalue weighted by Crippen LogP contribution is 2.37. The van der Waals surface area contributed by atoms with Gasteiger partial charge in [-0.05, 0) is 30.4 Å². The van der Waals surface area contributed by atoms with Crippen LogP contribution in [0.3, 0.4) is 0 Å². The molecule has 2 saturated heterocycles. The third-order valence-electron chi connectivity index (χ3n) is 4.57. The lowest BCUT2D eigenvalue weighted by atomic mass is 9.93. The van der Waals surface area contributed by atoms with Crippen LogP contribution in [-0.2, 0) is 0 Å². The number of hydrogen-bond acceptors (Lipinski definition) is 2. The molecule has 0 aliphatic carbocycles. The van der Waals surface area contributed by atoms with Crippen molar-refractivity contribution in [2.45, 2.75) is 19.4 Å². The fourth-order valence-corrected chi connectivity index (χ4v) is 4.18. The summed E-state index contributed by atoms with van der Waals surface area (Å²) in [4.78, 5) is 14.8. The van der Waals surface area contributed by atoms with Crippen molar-refractivity contribution in [2.75, 3.05) is 19.6 Å². The van der Waals surface area contributed by atoms with Crippen molar-refractivity contribution in [1.82, 2.24) is 10.2 Å². The molecule has 1 aromatic rings. The van der Waals surface area contributed by atoms with Crippen LogP contribution in [-0.4, -0.2) is 36.5 Å². The van der Waals surface area contributed by atoms with Gasteiger partial charge in [-0.3, -0.25) is 4.79 Å². The minimum atomic E-state index is -0.0261. The predicted molar refractivity (Wildman–Crippen MR) is 81.4 cm³/mol. The van der Waals surface area contributed by atoms with Crippen molar-refractivity contribution in [3.8, 4) is 0 Å². The molecule has 1 N–H and O–H groups in total. The molecule has 0 spiro atoms. The fourth-order valence-electron chi connectivity index (χ4n) is 3.63. The number of hydrogen-bond donors (Lipinski definition) is 1. The van der Waals surface area contributed by atoms with Crippen LogP contribution < -0.4 is 5.32 Å². The van der Waals surface area contributed by atoms with E-state index in [1.807, 2.05) is 4.90 Å². The van der Waals surface area contributed by atoms with Crippen LogP contribution in [0.2, 0.25) is 10.0 Å². The summed E-state index contributed by atoms with van der Waals surface area (Å²) in [5.74, 6) is 1.09. The second-order valence-corrected chi connectivity index (χ2v) is 6.43. The van der Waals surface area contributed by atoms with Crippen LogP contribution in [0.1, 0.15) is 23.7 Å². The van der Waals surface area contributed by atoms with Crippen LogP contribution in [0.4, 0.5) is 0 Å². The fraction of sp³-hybridized carbons (Fsp3) is 0.533. The number of nitrogens with zero attached hydrogens (tertiary/aromatic N) is 1. The number of amides is 1. The van der Waals surface area contributed by atoms with Crippen LogP contribution in [0.5, 0.6) is 0 Å². The zero-order chi connectivity index (χ0) is 14.3. The molecule has 0 radical (unpaired) electrons. The van der Waals surface area contributed by atoms with Crippen molar-refractivity contribution in [3.63, 3.8) is 0 Å². The summed E-state index contributed by atoms with van der Waals surface area (Å²) in [5.41, 5.74) is 0.446. The predicted octanol–water partition coefficient (Wildman–Crippen LogP) is 3.06. The van der Waals surface area contributed by atoms with E-state index in [-0.39, 0.29) is 11.9 Å². The Morgan fingerprint density at radius 3 is 2.70 bits per heavy atom. The van der Waals surface area contributed by atoms with Crippen molar-refractivity contribution >= 4 is 29.1 Å². The highest BCUT2D eigenvalue weighted by atomic mass is 35.5. The molecule has 2 aliphatic rings. The topological polar surface area (TPSA) is 32.3 Å². The number of benzene rings is 1. The van der Waals surface area contributed by atoms with Crippen LogP contribution >= 0.6 is 23.2 Å². The van der Waals surface area contributed by atoms with Crippen LogP contribution in [0.15, 0.2) is 18.2 Å². The average molecular weight is 313 g/mol. The van der Waals surface area contributed by atoms with Gasteiger partial charge in [0.2, 0.25) is 0 Å². The van der Waals surface area contributed by atoms with E-state index in [1.54, 1.807) is 18.2 Å². The Morgan fingerprint density at radius 2 is 2.05 bits per heavy atom. The van der Waals surface area contributed by atoms with Gasteiger partial charge in [0.25, 0.3) is 5.91 Å². The molecule has 1 aromatic carbocycles. The van der Waals surface area contributed by atoms with Crippen LogP contribution in [0.25, 0.3) is 0 Å². The maximum atomic E-state index is 12.8. The van der Waals surface area contributed by atoms with Crippen molar-refractivity contribution in [1.29, 1.82) is 0 Å². The van der Waals surface area contributed by atoms with Crippen molar-refractivity contribution in [2.24, 2.45) is 11.8 Å². The Bertz CT molecular complexity index is 514. The third kappa shape index (κ3) is 2.22. The van der Waals surface area contributed by atoms with E-state index in [1.165, 1.54) is 0 Å². The Kier molecular flexibility index (Phi) is 3.93. The quantitative estimate of drug-likeness (QED) is 0.910. The summed E-state index contributed by atoms with van der Waals surface area (Å²) in [6, 6.07) is 5.50. The maximum Gasteiger partial charge on any atom is 0.257 e. The smallest absolute Gasteiger partial charge is 0.257 e. The lowest BCUT2D eigenvalue weighted by Gasteiger charge is -2.27. The van der Waals surface area contributed by atoms with Gasteiger partial charge in [-0.1, -0.05) is 36.2 Å². The molecule has 3 nitrogen and oxygen atoms in total. The number of fused-ring (bicyclic) bond motifs is 1. The first-order valence-electron chi connectivity index (χ1n) is 7.09. The first kappa shape index (κ1) is 14.2. The number of carbonyl (C=O) groups excluding carboxylic acids is 1. The molecular formula is C15H18Cl2N2O. The van der Waals surface area contributed by atoms with E-state index in [2.05, 4.69) is 12.2 Å². The summed E-state index contributed by atoms with van der Waals surface area (Å²) >= 11 is 12.3. The maximum absolute atomic E-state index is 12.8. The second kappa shape index (κ2) is 5.55. The molecule has 20 heavy (non-hydrogen) atoms. The largest absolute Gasteiger partial charge is 0.335 e. The van der Waals surface area contributed by atoms with E-state index in [0.717, 1.165) is 26.1 Å². The average Bonchev–Trinajstić information content (AvgIpc) is 2.97. The minimum Gasteiger partial charge on any atom is -0.335 e. The highest BCUT2D eigenvalue weighted by molar-refractivity contribution is 6.39. The molecule has 0 saturated carbocycles. The SMILES string of the molecule is CCC1C2CNCC2CN1C(=O)c1c(Cl)cccc1Cl. The van der Waals surface area contributed by atoms with Crippen LogP contribution in [0, 0.1) is 11.8 Å². The van der Waals surface area contributed by atoms with Gasteiger partial charge in [0.15, 0.2) is 0 Å². The number of rotatable bonds is 2. The van der Waals surface area contributed by atoms with E-state index in [9.17, 15) is 4.79 Å². The Labute approximate surface area is 129 Å². The number of nitrogens with one attached hydrogen (secondary N) is 1. The first-order valence-corrected chi connectivity index (χ1v) is 7.84. The monoisotopic (exact) mass is 312 g/mol. The molecule has 3 atom stereocenters. The molecule has 1 amide bonds. The van der Waals surface area contributed by atoms with E-state index < -0.39 is 0 Å². The highest BCUT2D eigenvalue weighted by Gasteiger charge is 2.45. The Hall–Kier alpha value is -0.770. The molecule has 3 rings (SSSR count). The van der Waals surface area contributed by atoms with Gasteiger partial charge in [-0.2, -0.15) is 0 Å². The third-order valence-corrected chi connectivity index (χ3v) is 5.20. The lowest BCUT2D eigenvalue weighted by molar-refractivity contribution is 0.0712. The summed E-state index contributed by atoms with van der Waals surface area (Å²) < 4.78 is 0. The Morgan fingerprint density at radius 1 is 1.35 bits per heavy atom. The summed E-state index contributed by atoms with van der Waals surface area (Å²) in [5, 5.41) is 4.30. The molecule has 108 valence electrons. The number of likely N-dealkylation sites (tertiary alicyclic amines) is 1. The molecule has 2 heterocycles. The molecule has 0 bridgehead atoms. The van der Waals surface area contributed by atoms with Gasteiger partial charge in [0.1, 0.15) is 0 Å². The normalized spacial score (nSPS) is 28.8. The van der Waals surface area contributed by atoms with Gasteiger partial charge in [0, 0.05) is 25.7 Å². The van der Waals surface area contributed by atoms with Gasteiger partial charge in [0.05, 0.1) is 15.6 Å². The summed E-state index contributed by atoms with van der Waals surface area (Å²) in [6.07, 6.45) is 0.969. The zero-order valence-corrected chi connectivity index (χ0v) is 12.9. The number of halogens is 2. The van der Waals surface area contributed by atoms with Gasteiger partial charge < -0.3 is 10.2 Å². The molecular weight excluding hydrogens is 295 g/mol. The number of carbonyl (C=O) groups is 1. The van der Waals surface area contributed by atoms with Gasteiger partial charge in [-0.25, -0.2) is 0 Å². The molecule has 2 fully saturated rings. The van der Waals surface area contributed by atoms with Crippen molar-refractivity contribution in [3.05, 3.63) is 33.8 Å².